The van der Waals surface area contributed by atoms with Crippen LogP contribution in [-0.4, -0.2) is 7.11 Å². The first-order valence-corrected chi connectivity index (χ1v) is 10.4. The summed E-state index contributed by atoms with van der Waals surface area (Å²) in [6.45, 7) is 4.20. The van der Waals surface area contributed by atoms with Crippen LogP contribution in [0.1, 0.15) is 22.3 Å². The molecule has 3 aromatic rings. The van der Waals surface area contributed by atoms with Crippen LogP contribution in [-0.2, 0) is 13.0 Å². The molecular weight excluding hydrogens is 457 g/mol. The van der Waals surface area contributed by atoms with Gasteiger partial charge in [-0.2, -0.15) is 5.26 Å². The Balaban J connectivity index is 1.99. The fourth-order valence-electron chi connectivity index (χ4n) is 3.14. The molecule has 0 amide bonds. The average molecular weight is 478 g/mol. The summed E-state index contributed by atoms with van der Waals surface area (Å²) < 4.78 is 26.8. The van der Waals surface area contributed by atoms with Crippen LogP contribution in [0.25, 0.3) is 11.6 Å². The molecular formula is C26H21BrFNO2. The van der Waals surface area contributed by atoms with Gasteiger partial charge in [0.25, 0.3) is 0 Å². The van der Waals surface area contributed by atoms with Gasteiger partial charge < -0.3 is 9.47 Å². The molecule has 0 spiro atoms. The molecule has 0 heterocycles. The highest BCUT2D eigenvalue weighted by molar-refractivity contribution is 9.10. The summed E-state index contributed by atoms with van der Waals surface area (Å²) in [6.07, 6.45) is 3.97. The van der Waals surface area contributed by atoms with E-state index >= 15 is 0 Å². The number of benzene rings is 3. The molecule has 0 aliphatic rings. The van der Waals surface area contributed by atoms with Crippen molar-refractivity contribution >= 4 is 27.6 Å². The molecule has 3 aromatic carbocycles. The van der Waals surface area contributed by atoms with Gasteiger partial charge in [0, 0.05) is 15.6 Å². The van der Waals surface area contributed by atoms with Gasteiger partial charge in [0.2, 0.25) is 0 Å². The van der Waals surface area contributed by atoms with Crippen molar-refractivity contribution in [3.05, 3.63) is 106 Å². The van der Waals surface area contributed by atoms with E-state index in [-0.39, 0.29) is 11.1 Å². The molecule has 0 unspecified atom stereocenters. The first-order valence-electron chi connectivity index (χ1n) is 9.61. The van der Waals surface area contributed by atoms with Crippen molar-refractivity contribution in [2.45, 2.75) is 13.0 Å². The third-order valence-corrected chi connectivity index (χ3v) is 5.16. The summed E-state index contributed by atoms with van der Waals surface area (Å²) >= 11 is 3.43. The Morgan fingerprint density at radius 1 is 1.16 bits per heavy atom. The number of allylic oxidation sites excluding steroid dienone is 2. The molecule has 0 bridgehead atoms. The number of methoxy groups -OCH3 is 1. The van der Waals surface area contributed by atoms with Crippen LogP contribution in [0.3, 0.4) is 0 Å². The highest BCUT2D eigenvalue weighted by atomic mass is 79.9. The first-order chi connectivity index (χ1) is 15.0. The summed E-state index contributed by atoms with van der Waals surface area (Å²) in [5.41, 5.74) is 3.08. The van der Waals surface area contributed by atoms with Gasteiger partial charge in [-0.25, -0.2) is 4.39 Å². The van der Waals surface area contributed by atoms with Gasteiger partial charge in [-0.1, -0.05) is 52.3 Å². The molecule has 0 fully saturated rings. The van der Waals surface area contributed by atoms with Crippen LogP contribution < -0.4 is 9.47 Å². The molecule has 0 atom stereocenters. The smallest absolute Gasteiger partial charge is 0.165 e. The summed E-state index contributed by atoms with van der Waals surface area (Å²) in [5, 5.41) is 9.59. The van der Waals surface area contributed by atoms with E-state index in [0.717, 1.165) is 15.6 Å². The minimum Gasteiger partial charge on any atom is -0.493 e. The summed E-state index contributed by atoms with van der Waals surface area (Å²) in [6, 6.07) is 19.9. The number of rotatable bonds is 8. The number of nitriles is 1. The van der Waals surface area contributed by atoms with Crippen molar-refractivity contribution in [3.8, 4) is 17.6 Å². The quantitative estimate of drug-likeness (QED) is 0.200. The summed E-state index contributed by atoms with van der Waals surface area (Å²) in [7, 11) is 1.56. The number of halogens is 2. The third kappa shape index (κ3) is 5.62. The molecule has 0 N–H and O–H groups in total. The van der Waals surface area contributed by atoms with Crippen LogP contribution in [0.2, 0.25) is 0 Å². The van der Waals surface area contributed by atoms with Crippen molar-refractivity contribution in [1.82, 2.24) is 0 Å². The Labute approximate surface area is 190 Å². The second-order valence-corrected chi connectivity index (χ2v) is 7.68. The van der Waals surface area contributed by atoms with Crippen LogP contribution in [0.15, 0.2) is 77.8 Å². The van der Waals surface area contributed by atoms with E-state index in [4.69, 9.17) is 9.47 Å². The topological polar surface area (TPSA) is 42.2 Å². The van der Waals surface area contributed by atoms with Gasteiger partial charge in [0.1, 0.15) is 12.4 Å². The van der Waals surface area contributed by atoms with Crippen molar-refractivity contribution in [3.63, 3.8) is 0 Å². The van der Waals surface area contributed by atoms with E-state index in [1.54, 1.807) is 43.5 Å². The molecule has 31 heavy (non-hydrogen) atoms. The lowest BCUT2D eigenvalue weighted by Crippen LogP contribution is -2.02. The van der Waals surface area contributed by atoms with Crippen molar-refractivity contribution in [1.29, 1.82) is 5.26 Å². The zero-order chi connectivity index (χ0) is 22.2. The van der Waals surface area contributed by atoms with E-state index in [2.05, 4.69) is 28.6 Å². The molecule has 0 saturated heterocycles. The molecule has 0 radical (unpaired) electrons. The Hall–Kier alpha value is -3.36. The van der Waals surface area contributed by atoms with Crippen LogP contribution in [0.4, 0.5) is 4.39 Å². The van der Waals surface area contributed by atoms with Crippen molar-refractivity contribution in [2.24, 2.45) is 0 Å². The summed E-state index contributed by atoms with van der Waals surface area (Å²) in [4.78, 5) is 0. The lowest BCUT2D eigenvalue weighted by atomic mass is 10.0. The van der Waals surface area contributed by atoms with Gasteiger partial charge in [0.15, 0.2) is 11.5 Å². The largest absolute Gasteiger partial charge is 0.493 e. The number of ether oxygens (including phenoxy) is 2. The third-order valence-electron chi connectivity index (χ3n) is 4.63. The second kappa shape index (κ2) is 10.6. The second-order valence-electron chi connectivity index (χ2n) is 6.77. The Kier molecular flexibility index (Phi) is 7.64. The number of nitrogens with zero attached hydrogens (tertiary/aromatic N) is 1. The Bertz CT molecular complexity index is 1150. The normalized spacial score (nSPS) is 11.0. The Morgan fingerprint density at radius 3 is 2.55 bits per heavy atom. The Morgan fingerprint density at radius 2 is 1.90 bits per heavy atom. The fourth-order valence-corrected chi connectivity index (χ4v) is 3.41. The first kappa shape index (κ1) is 22.3. The van der Waals surface area contributed by atoms with Crippen LogP contribution in [0.5, 0.6) is 11.5 Å². The van der Waals surface area contributed by atoms with E-state index in [9.17, 15) is 9.65 Å². The zero-order valence-electron chi connectivity index (χ0n) is 17.1. The van der Waals surface area contributed by atoms with Crippen LogP contribution in [0, 0.1) is 17.1 Å². The lowest BCUT2D eigenvalue weighted by molar-refractivity contribution is 0.282. The zero-order valence-corrected chi connectivity index (χ0v) is 18.7. The molecule has 5 heteroatoms. The predicted molar refractivity (Wildman–Crippen MR) is 125 cm³/mol. The minimum atomic E-state index is -0.442. The predicted octanol–water partition coefficient (Wildman–Crippen LogP) is 6.97. The van der Waals surface area contributed by atoms with E-state index in [0.29, 0.717) is 30.1 Å². The molecule has 156 valence electrons. The maximum atomic E-state index is 14.2. The summed E-state index contributed by atoms with van der Waals surface area (Å²) in [5.74, 6) is 0.712. The van der Waals surface area contributed by atoms with E-state index in [1.165, 1.54) is 6.07 Å². The van der Waals surface area contributed by atoms with Crippen molar-refractivity contribution < 1.29 is 13.9 Å². The molecule has 3 nitrogen and oxygen atoms in total. The molecule has 0 aliphatic heterocycles. The standard InChI is InChI=1S/C26H21BrFNO2/c1-3-6-20-13-19(14-21(16-29)23-7-4-5-8-24(23)28)15-25(30-2)26(20)31-17-18-9-11-22(27)12-10-18/h3-5,7-15H,1,6,17H2,2H3/b21-14-. The number of hydrogen-bond acceptors (Lipinski definition) is 3. The highest BCUT2D eigenvalue weighted by Crippen LogP contribution is 2.35. The maximum Gasteiger partial charge on any atom is 0.165 e. The monoisotopic (exact) mass is 477 g/mol. The van der Waals surface area contributed by atoms with Gasteiger partial charge in [0.05, 0.1) is 18.8 Å². The minimum absolute atomic E-state index is 0.230. The van der Waals surface area contributed by atoms with E-state index < -0.39 is 5.82 Å². The number of hydrogen-bond donors (Lipinski definition) is 0. The lowest BCUT2D eigenvalue weighted by Gasteiger charge is -2.16. The highest BCUT2D eigenvalue weighted by Gasteiger charge is 2.14. The van der Waals surface area contributed by atoms with Crippen LogP contribution >= 0.6 is 15.9 Å². The van der Waals surface area contributed by atoms with Gasteiger partial charge in [-0.15, -0.1) is 6.58 Å². The van der Waals surface area contributed by atoms with Gasteiger partial charge >= 0.3 is 0 Å². The fraction of sp³-hybridized carbons (Fsp3) is 0.115. The molecule has 0 aliphatic carbocycles. The molecule has 0 saturated carbocycles. The van der Waals surface area contributed by atoms with Gasteiger partial charge in [-0.3, -0.25) is 0 Å². The van der Waals surface area contributed by atoms with Crippen molar-refractivity contribution in [2.75, 3.05) is 7.11 Å². The van der Waals surface area contributed by atoms with E-state index in [1.807, 2.05) is 30.3 Å². The maximum absolute atomic E-state index is 14.2. The molecule has 0 aromatic heterocycles. The molecule has 3 rings (SSSR count). The SMILES string of the molecule is C=CCc1cc(/C=C(/C#N)c2ccccc2F)cc(OC)c1OCc1ccc(Br)cc1. The average Bonchev–Trinajstić information content (AvgIpc) is 2.78. The van der Waals surface area contributed by atoms with Gasteiger partial charge in [-0.05, 0) is 54.0 Å².